The van der Waals surface area contributed by atoms with Crippen LogP contribution in [0.15, 0.2) is 37.8 Å². The molecular weight excluding hydrogens is 392 g/mol. The number of anilines is 1. The van der Waals surface area contributed by atoms with Gasteiger partial charge in [-0.05, 0) is 63.9 Å². The van der Waals surface area contributed by atoms with Crippen molar-refractivity contribution < 1.29 is 9.34 Å². The Bertz CT molecular complexity index is 655. The van der Waals surface area contributed by atoms with E-state index in [1.165, 1.54) is 6.07 Å². The van der Waals surface area contributed by atoms with Crippen molar-refractivity contribution in [3.63, 3.8) is 0 Å². The van der Waals surface area contributed by atoms with Gasteiger partial charge in [-0.25, -0.2) is 0 Å². The van der Waals surface area contributed by atoms with Gasteiger partial charge in [-0.3, -0.25) is 10.1 Å². The minimum absolute atomic E-state index is 0.0866. The fraction of sp³-hybridized carbons (Fsp3) is 0.231. The van der Waals surface area contributed by atoms with E-state index in [-0.39, 0.29) is 16.7 Å². The van der Waals surface area contributed by atoms with Crippen LogP contribution in [0.25, 0.3) is 0 Å². The first-order valence-electron chi connectivity index (χ1n) is 5.85. The van der Waals surface area contributed by atoms with Gasteiger partial charge in [0.15, 0.2) is 4.67 Å². The molecule has 1 unspecified atom stereocenters. The number of nitrogens with zero attached hydrogens (tertiary/aromatic N) is 1. The van der Waals surface area contributed by atoms with Crippen molar-refractivity contribution in [1.82, 2.24) is 0 Å². The van der Waals surface area contributed by atoms with E-state index in [1.807, 2.05) is 13.0 Å². The standard InChI is InChI=1S/C13H12Br2N2O3/c1-7-5-9(14)10(6-11(7)17(18)19)16-8(2)12-3-4-13(15)20-12/h3-6,8,16H,1-2H3. The smallest absolute Gasteiger partial charge is 0.274 e. The second-order valence-electron chi connectivity index (χ2n) is 4.38. The summed E-state index contributed by atoms with van der Waals surface area (Å²) >= 11 is 6.66. The van der Waals surface area contributed by atoms with Crippen molar-refractivity contribution in [2.24, 2.45) is 0 Å². The van der Waals surface area contributed by atoms with Gasteiger partial charge < -0.3 is 9.73 Å². The Morgan fingerprint density at radius 2 is 2.05 bits per heavy atom. The van der Waals surface area contributed by atoms with E-state index in [9.17, 15) is 10.1 Å². The number of nitrogens with one attached hydrogen (secondary N) is 1. The summed E-state index contributed by atoms with van der Waals surface area (Å²) in [7, 11) is 0. The number of hydrogen-bond donors (Lipinski definition) is 1. The molecule has 0 spiro atoms. The van der Waals surface area contributed by atoms with Gasteiger partial charge in [-0.15, -0.1) is 0 Å². The lowest BCUT2D eigenvalue weighted by Gasteiger charge is -2.15. The highest BCUT2D eigenvalue weighted by Crippen LogP contribution is 2.33. The average molecular weight is 404 g/mol. The van der Waals surface area contributed by atoms with Crippen molar-refractivity contribution in [3.8, 4) is 0 Å². The molecule has 1 atom stereocenters. The SMILES string of the molecule is Cc1cc(Br)c(NC(C)c2ccc(Br)o2)cc1[N+](=O)[O-]. The molecule has 0 radical (unpaired) electrons. The first-order chi connectivity index (χ1) is 9.38. The topological polar surface area (TPSA) is 68.3 Å². The molecule has 5 nitrogen and oxygen atoms in total. The first kappa shape index (κ1) is 15.1. The fourth-order valence-electron chi connectivity index (χ4n) is 1.83. The third kappa shape index (κ3) is 3.21. The summed E-state index contributed by atoms with van der Waals surface area (Å²) in [4.78, 5) is 10.6. The molecule has 0 aliphatic carbocycles. The Morgan fingerprint density at radius 1 is 1.35 bits per heavy atom. The quantitative estimate of drug-likeness (QED) is 0.563. The summed E-state index contributed by atoms with van der Waals surface area (Å²) in [6.45, 7) is 3.63. The molecule has 0 amide bonds. The summed E-state index contributed by atoms with van der Waals surface area (Å²) < 4.78 is 6.89. The lowest BCUT2D eigenvalue weighted by atomic mass is 10.1. The highest BCUT2D eigenvalue weighted by atomic mass is 79.9. The number of aryl methyl sites for hydroxylation is 1. The van der Waals surface area contributed by atoms with Gasteiger partial charge in [0.2, 0.25) is 0 Å². The van der Waals surface area contributed by atoms with Gasteiger partial charge in [0.25, 0.3) is 5.69 Å². The third-order valence-electron chi connectivity index (χ3n) is 2.88. The van der Waals surface area contributed by atoms with Gasteiger partial charge >= 0.3 is 0 Å². The summed E-state index contributed by atoms with van der Waals surface area (Å²) in [6.07, 6.45) is 0. The van der Waals surface area contributed by atoms with Crippen LogP contribution in [-0.2, 0) is 0 Å². The van der Waals surface area contributed by atoms with Crippen LogP contribution < -0.4 is 5.32 Å². The van der Waals surface area contributed by atoms with Crippen LogP contribution in [0.3, 0.4) is 0 Å². The maximum atomic E-state index is 11.0. The van der Waals surface area contributed by atoms with Gasteiger partial charge in [0.05, 0.1) is 16.7 Å². The normalized spacial score (nSPS) is 12.2. The summed E-state index contributed by atoms with van der Waals surface area (Å²) in [6, 6.07) is 6.79. The molecule has 0 bridgehead atoms. The molecule has 0 saturated carbocycles. The number of nitro benzene ring substituents is 1. The Balaban J connectivity index is 2.29. The Morgan fingerprint density at radius 3 is 2.60 bits per heavy atom. The second-order valence-corrected chi connectivity index (χ2v) is 6.02. The molecule has 1 heterocycles. The first-order valence-corrected chi connectivity index (χ1v) is 7.43. The number of furan rings is 1. The van der Waals surface area contributed by atoms with Crippen LogP contribution in [0.2, 0.25) is 0 Å². The molecule has 7 heteroatoms. The Hall–Kier alpha value is -1.34. The summed E-state index contributed by atoms with van der Waals surface area (Å²) in [5.41, 5.74) is 1.35. The molecular formula is C13H12Br2N2O3. The van der Waals surface area contributed by atoms with Crippen molar-refractivity contribution in [2.45, 2.75) is 19.9 Å². The minimum Gasteiger partial charge on any atom is -0.452 e. The largest absolute Gasteiger partial charge is 0.452 e. The molecule has 0 aliphatic rings. The third-order valence-corrected chi connectivity index (χ3v) is 3.96. The van der Waals surface area contributed by atoms with Gasteiger partial charge in [0, 0.05) is 16.1 Å². The number of halogens is 2. The number of nitro groups is 1. The number of rotatable bonds is 4. The van der Waals surface area contributed by atoms with E-state index < -0.39 is 0 Å². The van der Waals surface area contributed by atoms with Crippen LogP contribution in [0, 0.1) is 17.0 Å². The Labute approximate surface area is 132 Å². The molecule has 1 N–H and O–H groups in total. The molecule has 1 aromatic heterocycles. The molecule has 0 saturated heterocycles. The maximum absolute atomic E-state index is 11.0. The van der Waals surface area contributed by atoms with E-state index in [0.717, 1.165) is 10.2 Å². The number of hydrogen-bond acceptors (Lipinski definition) is 4. The lowest BCUT2D eigenvalue weighted by molar-refractivity contribution is -0.385. The van der Waals surface area contributed by atoms with E-state index in [0.29, 0.717) is 15.9 Å². The van der Waals surface area contributed by atoms with E-state index in [4.69, 9.17) is 4.42 Å². The molecule has 1 aromatic carbocycles. The molecule has 20 heavy (non-hydrogen) atoms. The van der Waals surface area contributed by atoms with E-state index >= 15 is 0 Å². The Kier molecular flexibility index (Phi) is 4.49. The van der Waals surface area contributed by atoms with Crippen LogP contribution in [-0.4, -0.2) is 4.92 Å². The monoisotopic (exact) mass is 402 g/mol. The molecule has 0 fully saturated rings. The highest BCUT2D eigenvalue weighted by molar-refractivity contribution is 9.10. The molecule has 106 valence electrons. The van der Waals surface area contributed by atoms with Crippen molar-refractivity contribution >= 4 is 43.2 Å². The van der Waals surface area contributed by atoms with Crippen molar-refractivity contribution in [2.75, 3.05) is 5.32 Å². The highest BCUT2D eigenvalue weighted by Gasteiger charge is 2.17. The zero-order valence-electron chi connectivity index (χ0n) is 10.8. The lowest BCUT2D eigenvalue weighted by Crippen LogP contribution is -2.07. The van der Waals surface area contributed by atoms with Crippen molar-refractivity contribution in [1.29, 1.82) is 0 Å². The predicted octanol–water partition coefficient (Wildman–Crippen LogP) is 5.19. The van der Waals surface area contributed by atoms with Crippen LogP contribution >= 0.6 is 31.9 Å². The maximum Gasteiger partial charge on any atom is 0.274 e. The van der Waals surface area contributed by atoms with Crippen LogP contribution in [0.5, 0.6) is 0 Å². The fourth-order valence-corrected chi connectivity index (χ4v) is 2.73. The molecule has 2 aromatic rings. The zero-order valence-corrected chi connectivity index (χ0v) is 14.0. The average Bonchev–Trinajstić information content (AvgIpc) is 2.79. The molecule has 0 aliphatic heterocycles. The van der Waals surface area contributed by atoms with Gasteiger partial charge in [0.1, 0.15) is 5.76 Å². The minimum atomic E-state index is -0.388. The summed E-state index contributed by atoms with van der Waals surface area (Å²) in [5, 5.41) is 14.2. The van der Waals surface area contributed by atoms with E-state index in [1.54, 1.807) is 19.1 Å². The van der Waals surface area contributed by atoms with Crippen LogP contribution in [0.1, 0.15) is 24.3 Å². The predicted molar refractivity (Wildman–Crippen MR) is 84.0 cm³/mol. The summed E-state index contributed by atoms with van der Waals surface area (Å²) in [5.74, 6) is 0.743. The zero-order chi connectivity index (χ0) is 14.9. The van der Waals surface area contributed by atoms with E-state index in [2.05, 4.69) is 37.2 Å². The van der Waals surface area contributed by atoms with Gasteiger partial charge in [-0.2, -0.15) is 0 Å². The number of benzene rings is 1. The second kappa shape index (κ2) is 5.97. The van der Waals surface area contributed by atoms with Gasteiger partial charge in [-0.1, -0.05) is 0 Å². The van der Waals surface area contributed by atoms with Crippen LogP contribution in [0.4, 0.5) is 11.4 Å². The molecule has 2 rings (SSSR count). The van der Waals surface area contributed by atoms with Crippen molar-refractivity contribution in [3.05, 3.63) is 54.8 Å².